The van der Waals surface area contributed by atoms with E-state index in [9.17, 15) is 5.11 Å². The van der Waals surface area contributed by atoms with E-state index in [-0.39, 0.29) is 12.6 Å². The van der Waals surface area contributed by atoms with Crippen molar-refractivity contribution in [3.8, 4) is 6.01 Å². The third-order valence-electron chi connectivity index (χ3n) is 3.66. The van der Waals surface area contributed by atoms with E-state index >= 15 is 0 Å². The summed E-state index contributed by atoms with van der Waals surface area (Å²) in [5.41, 5.74) is 0. The molecular formula is C14H25N5O2. The van der Waals surface area contributed by atoms with Crippen LogP contribution in [0.2, 0.25) is 0 Å². The Morgan fingerprint density at radius 1 is 1.29 bits per heavy atom. The molecule has 0 saturated carbocycles. The van der Waals surface area contributed by atoms with E-state index in [1.54, 1.807) is 7.11 Å². The number of hydrogen-bond acceptors (Lipinski definition) is 7. The normalized spacial score (nSPS) is 19.2. The lowest BCUT2D eigenvalue weighted by Crippen LogP contribution is -2.39. The van der Waals surface area contributed by atoms with Crippen molar-refractivity contribution in [2.75, 3.05) is 37.0 Å². The molecule has 2 heterocycles. The second kappa shape index (κ2) is 7.97. The van der Waals surface area contributed by atoms with Crippen LogP contribution in [0.1, 0.15) is 39.0 Å². The van der Waals surface area contributed by atoms with Crippen molar-refractivity contribution in [2.24, 2.45) is 0 Å². The zero-order chi connectivity index (χ0) is 15.1. The molecule has 1 aliphatic rings. The second-order valence-electron chi connectivity index (χ2n) is 5.25. The Hall–Kier alpha value is -1.63. The quantitative estimate of drug-likeness (QED) is 0.821. The minimum absolute atomic E-state index is 0.0682. The highest BCUT2D eigenvalue weighted by molar-refractivity contribution is 5.39. The Labute approximate surface area is 125 Å². The van der Waals surface area contributed by atoms with Crippen LogP contribution < -0.4 is 15.0 Å². The Balaban J connectivity index is 2.26. The summed E-state index contributed by atoms with van der Waals surface area (Å²) < 4.78 is 5.18. The average molecular weight is 295 g/mol. The lowest BCUT2D eigenvalue weighted by molar-refractivity contribution is 0.253. The van der Waals surface area contributed by atoms with Crippen LogP contribution in [-0.2, 0) is 0 Å². The van der Waals surface area contributed by atoms with Crippen molar-refractivity contribution < 1.29 is 9.84 Å². The van der Waals surface area contributed by atoms with Crippen LogP contribution in [0, 0.1) is 0 Å². The highest BCUT2D eigenvalue weighted by atomic mass is 16.5. The van der Waals surface area contributed by atoms with Crippen molar-refractivity contribution in [2.45, 2.75) is 45.1 Å². The van der Waals surface area contributed by atoms with E-state index < -0.39 is 0 Å². The van der Waals surface area contributed by atoms with Crippen molar-refractivity contribution in [1.82, 2.24) is 15.0 Å². The molecule has 0 aromatic carbocycles. The van der Waals surface area contributed by atoms with Crippen molar-refractivity contribution in [3.63, 3.8) is 0 Å². The van der Waals surface area contributed by atoms with Gasteiger partial charge in [-0.15, -0.1) is 0 Å². The number of nitrogens with one attached hydrogen (secondary N) is 1. The fraction of sp³-hybridized carbons (Fsp3) is 0.786. The predicted molar refractivity (Wildman–Crippen MR) is 81.8 cm³/mol. The third-order valence-corrected chi connectivity index (χ3v) is 3.66. The van der Waals surface area contributed by atoms with Gasteiger partial charge in [-0.05, 0) is 19.3 Å². The molecule has 0 aliphatic carbocycles. The molecule has 1 unspecified atom stereocenters. The maximum Gasteiger partial charge on any atom is 0.322 e. The summed E-state index contributed by atoms with van der Waals surface area (Å²) >= 11 is 0. The van der Waals surface area contributed by atoms with Crippen LogP contribution in [0.3, 0.4) is 0 Å². The van der Waals surface area contributed by atoms with Gasteiger partial charge in [0.15, 0.2) is 0 Å². The van der Waals surface area contributed by atoms with Crippen LogP contribution in [0.5, 0.6) is 6.01 Å². The van der Waals surface area contributed by atoms with Crippen LogP contribution in [-0.4, -0.2) is 52.9 Å². The molecule has 118 valence electrons. The van der Waals surface area contributed by atoms with Crippen molar-refractivity contribution in [3.05, 3.63) is 0 Å². The summed E-state index contributed by atoms with van der Waals surface area (Å²) in [6.07, 6.45) is 5.35. The van der Waals surface area contributed by atoms with Gasteiger partial charge >= 0.3 is 6.01 Å². The molecule has 0 spiro atoms. The zero-order valence-corrected chi connectivity index (χ0v) is 12.9. The minimum Gasteiger partial charge on any atom is -0.467 e. The lowest BCUT2D eigenvalue weighted by atomic mass is 10.1. The molecule has 1 aromatic rings. The van der Waals surface area contributed by atoms with Crippen molar-refractivity contribution >= 4 is 11.9 Å². The number of aliphatic hydroxyl groups is 1. The number of methoxy groups -OCH3 is 1. The molecule has 0 bridgehead atoms. The first kappa shape index (κ1) is 15.8. The van der Waals surface area contributed by atoms with E-state index in [2.05, 4.69) is 32.1 Å². The van der Waals surface area contributed by atoms with Gasteiger partial charge in [-0.25, -0.2) is 0 Å². The molecule has 2 rings (SSSR count). The summed E-state index contributed by atoms with van der Waals surface area (Å²) in [4.78, 5) is 15.1. The van der Waals surface area contributed by atoms with Gasteiger partial charge in [0.1, 0.15) is 0 Å². The molecule has 7 heteroatoms. The van der Waals surface area contributed by atoms with Gasteiger partial charge in [-0.1, -0.05) is 19.8 Å². The fourth-order valence-corrected chi connectivity index (χ4v) is 2.51. The first-order valence-electron chi connectivity index (χ1n) is 7.70. The van der Waals surface area contributed by atoms with Gasteiger partial charge in [-0.2, -0.15) is 15.0 Å². The van der Waals surface area contributed by atoms with E-state index in [1.807, 2.05) is 0 Å². The number of aromatic nitrogens is 3. The topological polar surface area (TPSA) is 83.4 Å². The van der Waals surface area contributed by atoms with Gasteiger partial charge in [0.25, 0.3) is 0 Å². The summed E-state index contributed by atoms with van der Waals surface area (Å²) in [6.45, 7) is 3.86. The Bertz CT molecular complexity index is 443. The summed E-state index contributed by atoms with van der Waals surface area (Å²) in [5, 5.41) is 12.8. The SMILES string of the molecule is CCCNc1nc(OC)nc(N2CCCCCC2CO)n1. The standard InChI is InChI=1S/C14H25N5O2/c1-3-8-15-12-16-13(18-14(17-12)21-2)19-9-6-4-5-7-11(19)10-20/h11,20H,3-10H2,1-2H3,(H,15,16,17,18). The molecule has 1 saturated heterocycles. The number of rotatable bonds is 6. The lowest BCUT2D eigenvalue weighted by Gasteiger charge is -2.28. The van der Waals surface area contributed by atoms with Crippen LogP contribution in [0.15, 0.2) is 0 Å². The van der Waals surface area contributed by atoms with E-state index in [4.69, 9.17) is 4.74 Å². The predicted octanol–water partition coefficient (Wildman–Crippen LogP) is 1.44. The van der Waals surface area contributed by atoms with Gasteiger partial charge in [0.2, 0.25) is 11.9 Å². The summed E-state index contributed by atoms with van der Waals surface area (Å²) in [5.74, 6) is 1.11. The van der Waals surface area contributed by atoms with Crippen LogP contribution >= 0.6 is 0 Å². The first-order chi connectivity index (χ1) is 10.3. The number of aliphatic hydroxyl groups excluding tert-OH is 1. The Morgan fingerprint density at radius 2 is 2.14 bits per heavy atom. The third kappa shape index (κ3) is 4.17. The molecule has 21 heavy (non-hydrogen) atoms. The zero-order valence-electron chi connectivity index (χ0n) is 12.9. The maximum atomic E-state index is 9.63. The molecule has 1 atom stereocenters. The van der Waals surface area contributed by atoms with Gasteiger partial charge in [-0.3, -0.25) is 0 Å². The van der Waals surface area contributed by atoms with E-state index in [0.29, 0.717) is 17.9 Å². The molecule has 0 radical (unpaired) electrons. The van der Waals surface area contributed by atoms with Gasteiger partial charge in [0, 0.05) is 13.1 Å². The fourth-order valence-electron chi connectivity index (χ4n) is 2.51. The first-order valence-corrected chi connectivity index (χ1v) is 7.70. The van der Waals surface area contributed by atoms with Gasteiger partial charge < -0.3 is 20.1 Å². The van der Waals surface area contributed by atoms with E-state index in [1.165, 1.54) is 6.42 Å². The highest BCUT2D eigenvalue weighted by Gasteiger charge is 2.24. The molecule has 1 fully saturated rings. The molecule has 1 aromatic heterocycles. The second-order valence-corrected chi connectivity index (χ2v) is 5.25. The average Bonchev–Trinajstić information content (AvgIpc) is 2.77. The minimum atomic E-state index is 0.0682. The number of hydrogen-bond donors (Lipinski definition) is 2. The number of ether oxygens (including phenoxy) is 1. The highest BCUT2D eigenvalue weighted by Crippen LogP contribution is 2.23. The summed E-state index contributed by atoms with van der Waals surface area (Å²) in [6, 6.07) is 0.373. The Morgan fingerprint density at radius 3 is 2.86 bits per heavy atom. The smallest absolute Gasteiger partial charge is 0.322 e. The summed E-state index contributed by atoms with van der Waals surface area (Å²) in [7, 11) is 1.55. The number of nitrogens with zero attached hydrogens (tertiary/aromatic N) is 4. The Kier molecular flexibility index (Phi) is 5.98. The van der Waals surface area contributed by atoms with Crippen molar-refractivity contribution in [1.29, 1.82) is 0 Å². The van der Waals surface area contributed by atoms with Crippen LogP contribution in [0.25, 0.3) is 0 Å². The molecule has 0 amide bonds. The maximum absolute atomic E-state index is 9.63. The molecule has 2 N–H and O–H groups in total. The molecule has 7 nitrogen and oxygen atoms in total. The van der Waals surface area contributed by atoms with Gasteiger partial charge in [0.05, 0.1) is 19.8 Å². The molecular weight excluding hydrogens is 270 g/mol. The number of anilines is 2. The van der Waals surface area contributed by atoms with E-state index in [0.717, 1.165) is 38.8 Å². The molecule has 1 aliphatic heterocycles. The monoisotopic (exact) mass is 295 g/mol. The van der Waals surface area contributed by atoms with Crippen LogP contribution in [0.4, 0.5) is 11.9 Å². The largest absolute Gasteiger partial charge is 0.467 e.